The van der Waals surface area contributed by atoms with Crippen molar-refractivity contribution in [2.24, 2.45) is 5.41 Å². The van der Waals surface area contributed by atoms with E-state index in [1.165, 1.54) is 0 Å². The Bertz CT molecular complexity index is 207. The highest BCUT2D eigenvalue weighted by Crippen LogP contribution is 2.36. The summed E-state index contributed by atoms with van der Waals surface area (Å²) in [6.07, 6.45) is 3.31. The molecule has 1 saturated carbocycles. The fourth-order valence-electron chi connectivity index (χ4n) is 1.91. The molecule has 0 aromatic heterocycles. The van der Waals surface area contributed by atoms with Crippen molar-refractivity contribution < 1.29 is 19.4 Å². The highest BCUT2D eigenvalue weighted by atomic mass is 16.5. The van der Waals surface area contributed by atoms with Crippen LogP contribution in [-0.2, 0) is 14.3 Å². The maximum atomic E-state index is 11.0. The van der Waals surface area contributed by atoms with E-state index in [1.807, 2.05) is 6.92 Å². The molecule has 0 heterocycles. The van der Waals surface area contributed by atoms with Crippen molar-refractivity contribution in [1.82, 2.24) is 0 Å². The van der Waals surface area contributed by atoms with Crippen LogP contribution in [0.2, 0.25) is 0 Å². The summed E-state index contributed by atoms with van der Waals surface area (Å²) in [4.78, 5) is 11.0. The van der Waals surface area contributed by atoms with Crippen LogP contribution in [0.25, 0.3) is 0 Å². The molecule has 4 nitrogen and oxygen atoms in total. The van der Waals surface area contributed by atoms with Crippen molar-refractivity contribution >= 4 is 5.97 Å². The highest BCUT2D eigenvalue weighted by Gasteiger charge is 2.37. The normalized spacial score (nSPS) is 31.5. The van der Waals surface area contributed by atoms with Gasteiger partial charge in [-0.05, 0) is 32.6 Å². The Kier molecular flexibility index (Phi) is 4.54. The minimum atomic E-state index is -0.683. The number of carbonyl (C=O) groups is 1. The van der Waals surface area contributed by atoms with Gasteiger partial charge >= 0.3 is 5.97 Å². The second kappa shape index (κ2) is 5.47. The lowest BCUT2D eigenvalue weighted by Gasteiger charge is -2.33. The lowest BCUT2D eigenvalue weighted by Crippen LogP contribution is -2.35. The van der Waals surface area contributed by atoms with E-state index in [0.29, 0.717) is 26.1 Å². The first kappa shape index (κ1) is 12.5. The molecule has 0 radical (unpaired) electrons. The van der Waals surface area contributed by atoms with Crippen LogP contribution >= 0.6 is 0 Å². The molecule has 15 heavy (non-hydrogen) atoms. The molecule has 1 aliphatic rings. The van der Waals surface area contributed by atoms with E-state index < -0.39 is 11.4 Å². The predicted molar refractivity (Wildman–Crippen MR) is 55.8 cm³/mol. The molecule has 1 aliphatic carbocycles. The molecule has 4 heteroatoms. The summed E-state index contributed by atoms with van der Waals surface area (Å²) < 4.78 is 10.5. The van der Waals surface area contributed by atoms with Gasteiger partial charge in [-0.25, -0.2) is 0 Å². The smallest absolute Gasteiger partial charge is 0.309 e. The maximum Gasteiger partial charge on any atom is 0.309 e. The molecule has 0 aliphatic heterocycles. The molecule has 1 fully saturated rings. The Balaban J connectivity index is 2.26. The Hall–Kier alpha value is -0.610. The van der Waals surface area contributed by atoms with Crippen LogP contribution in [0.15, 0.2) is 0 Å². The van der Waals surface area contributed by atoms with Crippen LogP contribution in [0.4, 0.5) is 0 Å². The van der Waals surface area contributed by atoms with Gasteiger partial charge < -0.3 is 14.6 Å². The fraction of sp³-hybridized carbons (Fsp3) is 0.909. The molecule has 0 aromatic rings. The standard InChI is InChI=1S/C11H20O4/c1-11(10(12)13)5-3-9(4-6-11)15-8-7-14-2/h9H,3-8H2,1-2H3,(H,12,13)/t9-,11-. The van der Waals surface area contributed by atoms with Crippen molar-refractivity contribution in [2.45, 2.75) is 38.7 Å². The van der Waals surface area contributed by atoms with Crippen LogP contribution in [0.3, 0.4) is 0 Å². The van der Waals surface area contributed by atoms with Crippen LogP contribution in [0.1, 0.15) is 32.6 Å². The average molecular weight is 216 g/mol. The maximum absolute atomic E-state index is 11.0. The molecule has 1 N–H and O–H groups in total. The first-order valence-electron chi connectivity index (χ1n) is 5.42. The monoisotopic (exact) mass is 216 g/mol. The zero-order valence-electron chi connectivity index (χ0n) is 9.49. The van der Waals surface area contributed by atoms with E-state index in [2.05, 4.69) is 0 Å². The van der Waals surface area contributed by atoms with Gasteiger partial charge in [-0.1, -0.05) is 0 Å². The number of ether oxygens (including phenoxy) is 2. The van der Waals surface area contributed by atoms with E-state index in [0.717, 1.165) is 12.8 Å². The summed E-state index contributed by atoms with van der Waals surface area (Å²) in [6, 6.07) is 0. The number of methoxy groups -OCH3 is 1. The summed E-state index contributed by atoms with van der Waals surface area (Å²) in [5, 5.41) is 9.04. The minimum Gasteiger partial charge on any atom is -0.481 e. The van der Waals surface area contributed by atoms with Gasteiger partial charge in [0.15, 0.2) is 0 Å². The Morgan fingerprint density at radius 3 is 2.47 bits per heavy atom. The molecule has 0 saturated heterocycles. The van der Waals surface area contributed by atoms with Gasteiger partial charge in [0.1, 0.15) is 0 Å². The summed E-state index contributed by atoms with van der Waals surface area (Å²) >= 11 is 0. The molecule has 0 unspecified atom stereocenters. The van der Waals surface area contributed by atoms with E-state index in [9.17, 15) is 4.79 Å². The summed E-state index contributed by atoms with van der Waals surface area (Å²) in [6.45, 7) is 3.03. The van der Waals surface area contributed by atoms with E-state index in [-0.39, 0.29) is 6.10 Å². The van der Waals surface area contributed by atoms with Gasteiger partial charge in [0.05, 0.1) is 24.7 Å². The van der Waals surface area contributed by atoms with E-state index in [1.54, 1.807) is 7.11 Å². The Labute approximate surface area is 90.6 Å². The minimum absolute atomic E-state index is 0.215. The molecular formula is C11H20O4. The van der Waals surface area contributed by atoms with E-state index >= 15 is 0 Å². The number of rotatable bonds is 5. The van der Waals surface area contributed by atoms with Crippen LogP contribution < -0.4 is 0 Å². The largest absolute Gasteiger partial charge is 0.481 e. The van der Waals surface area contributed by atoms with Crippen LogP contribution in [-0.4, -0.2) is 37.5 Å². The second-order valence-corrected chi connectivity index (χ2v) is 4.43. The predicted octanol–water partition coefficient (Wildman–Crippen LogP) is 1.68. The third-order valence-corrected chi connectivity index (χ3v) is 3.19. The first-order chi connectivity index (χ1) is 7.08. The molecule has 88 valence electrons. The number of carboxylic acids is 1. The third-order valence-electron chi connectivity index (χ3n) is 3.19. The van der Waals surface area contributed by atoms with Crippen molar-refractivity contribution in [3.05, 3.63) is 0 Å². The lowest BCUT2D eigenvalue weighted by atomic mass is 9.75. The zero-order valence-corrected chi connectivity index (χ0v) is 9.49. The average Bonchev–Trinajstić information content (AvgIpc) is 2.21. The number of aliphatic carboxylic acids is 1. The zero-order chi connectivity index (χ0) is 11.3. The van der Waals surface area contributed by atoms with Crippen molar-refractivity contribution in [2.75, 3.05) is 20.3 Å². The Morgan fingerprint density at radius 2 is 2.00 bits per heavy atom. The summed E-state index contributed by atoms with van der Waals surface area (Å²) in [7, 11) is 1.64. The first-order valence-corrected chi connectivity index (χ1v) is 5.42. The van der Waals surface area contributed by atoms with Crippen molar-refractivity contribution in [3.8, 4) is 0 Å². The van der Waals surface area contributed by atoms with Crippen molar-refractivity contribution in [3.63, 3.8) is 0 Å². The van der Waals surface area contributed by atoms with Crippen molar-refractivity contribution in [1.29, 1.82) is 0 Å². The Morgan fingerprint density at radius 1 is 1.40 bits per heavy atom. The van der Waals surface area contributed by atoms with Gasteiger partial charge in [-0.15, -0.1) is 0 Å². The molecule has 0 amide bonds. The lowest BCUT2D eigenvalue weighted by molar-refractivity contribution is -0.151. The van der Waals surface area contributed by atoms with Gasteiger partial charge in [0.2, 0.25) is 0 Å². The number of hydrogen-bond acceptors (Lipinski definition) is 3. The number of carboxylic acid groups (broad SMARTS) is 1. The topological polar surface area (TPSA) is 55.8 Å². The van der Waals surface area contributed by atoms with Gasteiger partial charge in [-0.3, -0.25) is 4.79 Å². The quantitative estimate of drug-likeness (QED) is 0.710. The van der Waals surface area contributed by atoms with Gasteiger partial charge in [0, 0.05) is 7.11 Å². The highest BCUT2D eigenvalue weighted by molar-refractivity contribution is 5.74. The molecule has 1 rings (SSSR count). The fourth-order valence-corrected chi connectivity index (χ4v) is 1.91. The van der Waals surface area contributed by atoms with Crippen LogP contribution in [0.5, 0.6) is 0 Å². The molecule has 0 atom stereocenters. The van der Waals surface area contributed by atoms with Gasteiger partial charge in [0.25, 0.3) is 0 Å². The van der Waals surface area contributed by atoms with Crippen LogP contribution in [0, 0.1) is 5.41 Å². The number of hydrogen-bond donors (Lipinski definition) is 1. The third kappa shape index (κ3) is 3.47. The summed E-state index contributed by atoms with van der Waals surface area (Å²) in [5.41, 5.74) is -0.541. The van der Waals surface area contributed by atoms with E-state index in [4.69, 9.17) is 14.6 Å². The second-order valence-electron chi connectivity index (χ2n) is 4.43. The molecule has 0 bridgehead atoms. The molecular weight excluding hydrogens is 196 g/mol. The van der Waals surface area contributed by atoms with Gasteiger partial charge in [-0.2, -0.15) is 0 Å². The molecule has 0 aromatic carbocycles. The SMILES string of the molecule is COCCO[C@H]1CC[C@](C)(C(=O)O)CC1. The summed E-state index contributed by atoms with van der Waals surface area (Å²) in [5.74, 6) is -0.683. The molecule has 0 spiro atoms.